The number of benzene rings is 2. The van der Waals surface area contributed by atoms with Gasteiger partial charge in [0.05, 0.1) is 6.04 Å². The maximum Gasteiger partial charge on any atom is 0.258 e. The Hall–Kier alpha value is -2.62. The number of nitrogens with one attached hydrogen (secondary N) is 1. The fraction of sp³-hybridized carbons (Fsp3) is 0.300. The number of hydrogen-bond acceptors (Lipinski definition) is 3. The first kappa shape index (κ1) is 16.2. The van der Waals surface area contributed by atoms with E-state index in [4.69, 9.17) is 4.74 Å². The van der Waals surface area contributed by atoms with E-state index in [-0.39, 0.29) is 24.3 Å². The lowest BCUT2D eigenvalue weighted by atomic mass is 9.88. The summed E-state index contributed by atoms with van der Waals surface area (Å²) in [4.78, 5) is 23.4. The molecule has 124 valence electrons. The number of carbonyl (C=O) groups excluding carboxylic acids is 2. The number of aryl methyl sites for hydroxylation is 1. The Balaban J connectivity index is 1.56. The van der Waals surface area contributed by atoms with Crippen molar-refractivity contribution in [3.63, 3.8) is 0 Å². The summed E-state index contributed by atoms with van der Waals surface area (Å²) >= 11 is 0. The Morgan fingerprint density at radius 1 is 1.12 bits per heavy atom. The maximum atomic E-state index is 12.2. The fourth-order valence-corrected chi connectivity index (χ4v) is 3.07. The van der Waals surface area contributed by atoms with Crippen molar-refractivity contribution in [2.45, 2.75) is 32.2 Å². The lowest BCUT2D eigenvalue weighted by Gasteiger charge is -2.26. The van der Waals surface area contributed by atoms with Crippen LogP contribution < -0.4 is 10.1 Å². The second-order valence-electron chi connectivity index (χ2n) is 6.08. The van der Waals surface area contributed by atoms with Gasteiger partial charge in [0.25, 0.3) is 5.91 Å². The van der Waals surface area contributed by atoms with E-state index in [1.54, 1.807) is 24.3 Å². The average molecular weight is 323 g/mol. The molecule has 4 nitrogen and oxygen atoms in total. The molecule has 4 heteroatoms. The third-order valence-electron chi connectivity index (χ3n) is 4.34. The van der Waals surface area contributed by atoms with Crippen molar-refractivity contribution in [3.8, 4) is 5.75 Å². The van der Waals surface area contributed by atoms with Gasteiger partial charge in [-0.3, -0.25) is 9.59 Å². The number of fused-ring (bicyclic) bond motifs is 1. The fourth-order valence-electron chi connectivity index (χ4n) is 3.07. The van der Waals surface area contributed by atoms with Crippen LogP contribution >= 0.6 is 0 Å². The molecule has 0 aromatic heterocycles. The minimum absolute atomic E-state index is 0.00950. The summed E-state index contributed by atoms with van der Waals surface area (Å²) in [5.74, 6) is 0.460. The van der Waals surface area contributed by atoms with E-state index in [0.29, 0.717) is 11.3 Å². The number of hydrogen-bond donors (Lipinski definition) is 1. The molecule has 1 aliphatic rings. The largest absolute Gasteiger partial charge is 0.484 e. The van der Waals surface area contributed by atoms with E-state index in [9.17, 15) is 9.59 Å². The Bertz CT molecular complexity index is 737. The molecule has 3 rings (SSSR count). The Morgan fingerprint density at radius 2 is 1.88 bits per heavy atom. The Kier molecular flexibility index (Phi) is 4.94. The van der Waals surface area contributed by atoms with E-state index in [2.05, 4.69) is 17.4 Å². The van der Waals surface area contributed by atoms with Gasteiger partial charge in [-0.05, 0) is 61.6 Å². The first-order chi connectivity index (χ1) is 11.6. The summed E-state index contributed by atoms with van der Waals surface area (Å²) in [5.41, 5.74) is 3.16. The van der Waals surface area contributed by atoms with Crippen LogP contribution in [0.25, 0.3) is 0 Å². The zero-order valence-corrected chi connectivity index (χ0v) is 13.7. The molecule has 0 aliphatic heterocycles. The van der Waals surface area contributed by atoms with Crippen LogP contribution in [0.5, 0.6) is 5.75 Å². The van der Waals surface area contributed by atoms with Gasteiger partial charge < -0.3 is 10.1 Å². The third kappa shape index (κ3) is 3.82. The summed E-state index contributed by atoms with van der Waals surface area (Å²) < 4.78 is 5.51. The minimum atomic E-state index is -0.132. The quantitative estimate of drug-likeness (QED) is 0.857. The summed E-state index contributed by atoms with van der Waals surface area (Å²) in [7, 11) is 0. The van der Waals surface area contributed by atoms with Crippen LogP contribution in [-0.4, -0.2) is 18.3 Å². The van der Waals surface area contributed by atoms with E-state index in [0.717, 1.165) is 19.3 Å². The molecular weight excluding hydrogens is 302 g/mol. The van der Waals surface area contributed by atoms with E-state index in [1.165, 1.54) is 18.1 Å². The molecule has 0 radical (unpaired) electrons. The lowest BCUT2D eigenvalue weighted by molar-refractivity contribution is -0.123. The molecule has 1 aliphatic carbocycles. The predicted molar refractivity (Wildman–Crippen MR) is 92.2 cm³/mol. The van der Waals surface area contributed by atoms with Gasteiger partial charge in [0.2, 0.25) is 0 Å². The van der Waals surface area contributed by atoms with Crippen LogP contribution in [-0.2, 0) is 11.2 Å². The van der Waals surface area contributed by atoms with Crippen molar-refractivity contribution < 1.29 is 14.3 Å². The van der Waals surface area contributed by atoms with Crippen LogP contribution in [0.15, 0.2) is 48.5 Å². The molecule has 1 atom stereocenters. The normalized spacial score (nSPS) is 16.1. The summed E-state index contributed by atoms with van der Waals surface area (Å²) in [5, 5.41) is 3.06. The van der Waals surface area contributed by atoms with Crippen molar-refractivity contribution >= 4 is 11.7 Å². The second kappa shape index (κ2) is 7.30. The van der Waals surface area contributed by atoms with E-state index >= 15 is 0 Å². The highest BCUT2D eigenvalue weighted by molar-refractivity contribution is 5.94. The van der Waals surface area contributed by atoms with Gasteiger partial charge in [-0.1, -0.05) is 24.3 Å². The average Bonchev–Trinajstić information content (AvgIpc) is 2.61. The smallest absolute Gasteiger partial charge is 0.258 e. The van der Waals surface area contributed by atoms with Crippen molar-refractivity contribution in [2.24, 2.45) is 0 Å². The molecule has 1 amide bonds. The number of ketones is 1. The Labute approximate surface area is 141 Å². The molecule has 2 aromatic rings. The molecule has 0 heterocycles. The molecule has 1 N–H and O–H groups in total. The van der Waals surface area contributed by atoms with Gasteiger partial charge in [-0.2, -0.15) is 0 Å². The topological polar surface area (TPSA) is 55.4 Å². The van der Waals surface area contributed by atoms with Crippen LogP contribution in [0.4, 0.5) is 0 Å². The van der Waals surface area contributed by atoms with Crippen molar-refractivity contribution in [1.82, 2.24) is 5.32 Å². The number of amides is 1. The van der Waals surface area contributed by atoms with Gasteiger partial charge in [-0.15, -0.1) is 0 Å². The number of rotatable bonds is 5. The minimum Gasteiger partial charge on any atom is -0.484 e. The highest BCUT2D eigenvalue weighted by Gasteiger charge is 2.21. The van der Waals surface area contributed by atoms with Gasteiger partial charge in [0.15, 0.2) is 12.4 Å². The molecule has 0 saturated carbocycles. The molecular formula is C20H21NO3. The molecule has 24 heavy (non-hydrogen) atoms. The first-order valence-corrected chi connectivity index (χ1v) is 8.24. The number of ether oxygens (including phenoxy) is 1. The lowest BCUT2D eigenvalue weighted by Crippen LogP contribution is -2.34. The predicted octanol–water partition coefficient (Wildman–Crippen LogP) is 3.46. The number of Topliss-reactive ketones (excluding diaryl/α,β-unsaturated/α-hetero) is 1. The molecule has 0 bridgehead atoms. The van der Waals surface area contributed by atoms with Crippen molar-refractivity contribution in [1.29, 1.82) is 0 Å². The summed E-state index contributed by atoms with van der Waals surface area (Å²) in [6.45, 7) is 1.49. The van der Waals surface area contributed by atoms with E-state index in [1.807, 2.05) is 12.1 Å². The third-order valence-corrected chi connectivity index (χ3v) is 4.34. The Morgan fingerprint density at radius 3 is 2.62 bits per heavy atom. The summed E-state index contributed by atoms with van der Waals surface area (Å²) in [6, 6.07) is 15.1. The first-order valence-electron chi connectivity index (χ1n) is 8.24. The van der Waals surface area contributed by atoms with Crippen LogP contribution in [0.3, 0.4) is 0 Å². The zero-order valence-electron chi connectivity index (χ0n) is 13.7. The molecule has 2 aromatic carbocycles. The zero-order chi connectivity index (χ0) is 16.9. The highest BCUT2D eigenvalue weighted by atomic mass is 16.5. The molecule has 1 unspecified atom stereocenters. The molecule has 0 fully saturated rings. The molecule has 0 spiro atoms. The van der Waals surface area contributed by atoms with Crippen molar-refractivity contribution in [2.75, 3.05) is 6.61 Å². The van der Waals surface area contributed by atoms with Crippen LogP contribution in [0.1, 0.15) is 47.3 Å². The van der Waals surface area contributed by atoms with Gasteiger partial charge in [0.1, 0.15) is 5.75 Å². The van der Waals surface area contributed by atoms with Crippen LogP contribution in [0, 0.1) is 0 Å². The summed E-state index contributed by atoms with van der Waals surface area (Å²) in [6.07, 6.45) is 3.10. The second-order valence-corrected chi connectivity index (χ2v) is 6.08. The van der Waals surface area contributed by atoms with Gasteiger partial charge >= 0.3 is 0 Å². The number of carbonyl (C=O) groups is 2. The highest BCUT2D eigenvalue weighted by Crippen LogP contribution is 2.29. The molecule has 0 saturated heterocycles. The van der Waals surface area contributed by atoms with Gasteiger partial charge in [-0.25, -0.2) is 0 Å². The van der Waals surface area contributed by atoms with Crippen LogP contribution in [0.2, 0.25) is 0 Å². The van der Waals surface area contributed by atoms with Crippen molar-refractivity contribution in [3.05, 3.63) is 65.2 Å². The monoisotopic (exact) mass is 323 g/mol. The maximum absolute atomic E-state index is 12.2. The SMILES string of the molecule is CC(=O)c1ccc(OCC(=O)NC2CCCc3ccccc32)cc1. The standard InChI is InChI=1S/C20H21NO3/c1-14(22)15-9-11-17(12-10-15)24-13-20(23)21-19-8-4-6-16-5-2-3-7-18(16)19/h2-3,5,7,9-12,19H,4,6,8,13H2,1H3,(H,21,23). The van der Waals surface area contributed by atoms with Gasteiger partial charge in [0, 0.05) is 5.56 Å². The van der Waals surface area contributed by atoms with E-state index < -0.39 is 0 Å².